The molecule has 0 spiro atoms. The topological polar surface area (TPSA) is 53.7 Å². The van der Waals surface area contributed by atoms with Gasteiger partial charge in [0.05, 0.1) is 6.26 Å². The monoisotopic (exact) mass is 271 g/mol. The second-order valence-electron chi connectivity index (χ2n) is 5.05. The Hall–Kier alpha value is -2.07. The van der Waals surface area contributed by atoms with E-state index in [1.54, 1.807) is 18.4 Å². The van der Waals surface area contributed by atoms with Gasteiger partial charge in [-0.3, -0.25) is 4.79 Å². The van der Waals surface area contributed by atoms with Crippen molar-refractivity contribution >= 4 is 5.91 Å². The summed E-state index contributed by atoms with van der Waals surface area (Å²) in [5, 5.41) is 10.3. The van der Waals surface area contributed by atoms with Crippen LogP contribution in [0.1, 0.15) is 41.9 Å². The van der Waals surface area contributed by atoms with Crippen molar-refractivity contribution in [1.29, 1.82) is 0 Å². The Morgan fingerprint density at radius 1 is 1.35 bits per heavy atom. The Morgan fingerprint density at radius 2 is 2.15 bits per heavy atom. The third-order valence-corrected chi connectivity index (χ3v) is 3.74. The minimum atomic E-state index is -0.758. The summed E-state index contributed by atoms with van der Waals surface area (Å²) in [4.78, 5) is 13.6. The van der Waals surface area contributed by atoms with Gasteiger partial charge >= 0.3 is 0 Å². The number of carbonyl (C=O) groups is 1. The van der Waals surface area contributed by atoms with E-state index in [4.69, 9.17) is 4.42 Å². The summed E-state index contributed by atoms with van der Waals surface area (Å²) in [6, 6.07) is 9.36. The van der Waals surface area contributed by atoms with Crippen molar-refractivity contribution in [2.24, 2.45) is 0 Å². The van der Waals surface area contributed by atoms with Crippen LogP contribution in [-0.2, 0) is 17.9 Å². The molecule has 1 aromatic carbocycles. The van der Waals surface area contributed by atoms with E-state index < -0.39 is 6.10 Å². The Kier molecular flexibility index (Phi) is 3.32. The molecule has 0 saturated carbocycles. The van der Waals surface area contributed by atoms with Crippen LogP contribution in [0.25, 0.3) is 0 Å². The van der Waals surface area contributed by atoms with Crippen LogP contribution in [0, 0.1) is 0 Å². The van der Waals surface area contributed by atoms with Crippen LogP contribution in [0.4, 0.5) is 0 Å². The molecule has 4 heteroatoms. The van der Waals surface area contributed by atoms with Gasteiger partial charge in [-0.25, -0.2) is 0 Å². The third-order valence-electron chi connectivity index (χ3n) is 3.74. The average Bonchev–Trinajstić information content (AvgIpc) is 3.13. The molecule has 1 aliphatic rings. The molecule has 0 radical (unpaired) electrons. The molecule has 2 aromatic rings. The average molecular weight is 271 g/mol. The lowest BCUT2D eigenvalue weighted by molar-refractivity contribution is -0.131. The number of hydrogen-bond donors (Lipinski definition) is 1. The number of aliphatic hydroxyl groups excluding tert-OH is 1. The number of hydrogen-bond acceptors (Lipinski definition) is 3. The Bertz CT molecular complexity index is 619. The first kappa shape index (κ1) is 12.9. The molecule has 0 saturated heterocycles. The maximum Gasteiger partial charge on any atom is 0.222 e. The molecule has 4 nitrogen and oxygen atoms in total. The molecule has 1 amide bonds. The first-order chi connectivity index (χ1) is 9.69. The Balaban J connectivity index is 1.84. The first-order valence-corrected chi connectivity index (χ1v) is 6.80. The highest BCUT2D eigenvalue weighted by Gasteiger charge is 2.23. The van der Waals surface area contributed by atoms with E-state index >= 15 is 0 Å². The second kappa shape index (κ2) is 5.13. The summed E-state index contributed by atoms with van der Waals surface area (Å²) >= 11 is 0. The lowest BCUT2D eigenvalue weighted by Crippen LogP contribution is -2.23. The quantitative estimate of drug-likeness (QED) is 0.933. The van der Waals surface area contributed by atoms with Gasteiger partial charge in [0.25, 0.3) is 0 Å². The molecule has 0 aliphatic carbocycles. The summed E-state index contributed by atoms with van der Waals surface area (Å²) in [6.07, 6.45) is 1.31. The normalized spacial score (nSPS) is 15.2. The summed E-state index contributed by atoms with van der Waals surface area (Å²) < 4.78 is 5.23. The van der Waals surface area contributed by atoms with Gasteiger partial charge in [0, 0.05) is 19.5 Å². The van der Waals surface area contributed by atoms with E-state index in [2.05, 4.69) is 0 Å². The number of nitrogens with zero attached hydrogens (tertiary/aromatic N) is 1. The standard InChI is InChI=1S/C16H17NO3/c1-2-15(18)17-9-12-6-5-11(8-13(12)10-17)16(19)14-4-3-7-20-14/h3-8,16,19H,2,9-10H2,1H3. The predicted octanol–water partition coefficient (Wildman–Crippen LogP) is 2.61. The highest BCUT2D eigenvalue weighted by molar-refractivity contribution is 5.76. The molecule has 0 bridgehead atoms. The van der Waals surface area contributed by atoms with Crippen LogP contribution < -0.4 is 0 Å². The van der Waals surface area contributed by atoms with Crippen LogP contribution in [0.5, 0.6) is 0 Å². The van der Waals surface area contributed by atoms with Crippen molar-refractivity contribution in [3.05, 3.63) is 59.0 Å². The predicted molar refractivity (Wildman–Crippen MR) is 73.8 cm³/mol. The third kappa shape index (κ3) is 2.23. The lowest BCUT2D eigenvalue weighted by atomic mass is 10.0. The van der Waals surface area contributed by atoms with Gasteiger partial charge in [0.2, 0.25) is 5.91 Å². The largest absolute Gasteiger partial charge is 0.466 e. The maximum atomic E-state index is 11.7. The fourth-order valence-corrected chi connectivity index (χ4v) is 2.60. The fraction of sp³-hybridized carbons (Fsp3) is 0.312. The van der Waals surface area contributed by atoms with Gasteiger partial charge < -0.3 is 14.4 Å². The van der Waals surface area contributed by atoms with Gasteiger partial charge in [-0.1, -0.05) is 25.1 Å². The zero-order valence-corrected chi connectivity index (χ0v) is 11.4. The summed E-state index contributed by atoms with van der Waals surface area (Å²) in [7, 11) is 0. The van der Waals surface area contributed by atoms with E-state index in [-0.39, 0.29) is 5.91 Å². The molecule has 2 heterocycles. The van der Waals surface area contributed by atoms with E-state index in [0.29, 0.717) is 25.3 Å². The molecule has 1 aliphatic heterocycles. The highest BCUT2D eigenvalue weighted by atomic mass is 16.4. The molecule has 1 N–H and O–H groups in total. The van der Waals surface area contributed by atoms with Crippen LogP contribution >= 0.6 is 0 Å². The second-order valence-corrected chi connectivity index (χ2v) is 5.05. The molecule has 3 rings (SSSR count). The Morgan fingerprint density at radius 3 is 2.85 bits per heavy atom. The minimum Gasteiger partial charge on any atom is -0.466 e. The zero-order chi connectivity index (χ0) is 14.1. The number of furan rings is 1. The summed E-state index contributed by atoms with van der Waals surface area (Å²) in [5.41, 5.74) is 3.06. The number of carbonyl (C=O) groups excluding carboxylic acids is 1. The Labute approximate surface area is 117 Å². The van der Waals surface area contributed by atoms with E-state index in [1.807, 2.05) is 30.0 Å². The number of amides is 1. The van der Waals surface area contributed by atoms with Gasteiger partial charge in [-0.05, 0) is 28.8 Å². The fourth-order valence-electron chi connectivity index (χ4n) is 2.60. The van der Waals surface area contributed by atoms with E-state index in [9.17, 15) is 9.90 Å². The minimum absolute atomic E-state index is 0.161. The first-order valence-electron chi connectivity index (χ1n) is 6.80. The highest BCUT2D eigenvalue weighted by Crippen LogP contribution is 2.29. The van der Waals surface area contributed by atoms with Crippen LogP contribution in [-0.4, -0.2) is 15.9 Å². The van der Waals surface area contributed by atoms with Gasteiger partial charge in [0.1, 0.15) is 11.9 Å². The SMILES string of the molecule is CCC(=O)N1Cc2ccc(C(O)c3ccco3)cc2C1. The van der Waals surface area contributed by atoms with Crippen LogP contribution in [0.3, 0.4) is 0 Å². The van der Waals surface area contributed by atoms with Crippen molar-refractivity contribution in [1.82, 2.24) is 4.90 Å². The smallest absolute Gasteiger partial charge is 0.222 e. The molecular formula is C16H17NO3. The molecule has 20 heavy (non-hydrogen) atoms. The van der Waals surface area contributed by atoms with Gasteiger partial charge in [0.15, 0.2) is 0 Å². The van der Waals surface area contributed by atoms with E-state index in [1.165, 1.54) is 0 Å². The van der Waals surface area contributed by atoms with Crippen molar-refractivity contribution < 1.29 is 14.3 Å². The molecule has 1 atom stereocenters. The molecule has 104 valence electrons. The van der Waals surface area contributed by atoms with Gasteiger partial charge in [-0.2, -0.15) is 0 Å². The van der Waals surface area contributed by atoms with Crippen molar-refractivity contribution in [3.63, 3.8) is 0 Å². The lowest BCUT2D eigenvalue weighted by Gasteiger charge is -2.13. The molecule has 1 aromatic heterocycles. The number of fused-ring (bicyclic) bond motifs is 1. The van der Waals surface area contributed by atoms with E-state index in [0.717, 1.165) is 16.7 Å². The van der Waals surface area contributed by atoms with Crippen molar-refractivity contribution in [2.75, 3.05) is 0 Å². The summed E-state index contributed by atoms with van der Waals surface area (Å²) in [5.74, 6) is 0.693. The number of rotatable bonds is 3. The van der Waals surface area contributed by atoms with Crippen LogP contribution in [0.2, 0.25) is 0 Å². The number of aliphatic hydroxyl groups is 1. The molecule has 1 unspecified atom stereocenters. The van der Waals surface area contributed by atoms with Crippen LogP contribution in [0.15, 0.2) is 41.0 Å². The molecule has 0 fully saturated rings. The number of benzene rings is 1. The van der Waals surface area contributed by atoms with Crippen molar-refractivity contribution in [2.45, 2.75) is 32.5 Å². The van der Waals surface area contributed by atoms with Crippen molar-refractivity contribution in [3.8, 4) is 0 Å². The zero-order valence-electron chi connectivity index (χ0n) is 11.4. The van der Waals surface area contributed by atoms with Gasteiger partial charge in [-0.15, -0.1) is 0 Å². The summed E-state index contributed by atoms with van der Waals surface area (Å²) in [6.45, 7) is 3.16. The maximum absolute atomic E-state index is 11.7. The molecular weight excluding hydrogens is 254 g/mol.